The SMILES string of the molecule is COc1ccc(CCNC(=O)c2nc(C(=O)NC(C)(C)C)c3n2CCCC3)cc1. The monoisotopic (exact) mass is 398 g/mol. The second-order valence-electron chi connectivity index (χ2n) is 8.40. The fourth-order valence-electron chi connectivity index (χ4n) is 3.49. The van der Waals surface area contributed by atoms with E-state index in [2.05, 4.69) is 15.6 Å². The number of fused-ring (bicyclic) bond motifs is 1. The Morgan fingerprint density at radius 2 is 1.86 bits per heavy atom. The molecule has 156 valence electrons. The van der Waals surface area contributed by atoms with Gasteiger partial charge in [0.25, 0.3) is 11.8 Å². The number of amides is 2. The zero-order valence-electron chi connectivity index (χ0n) is 17.7. The van der Waals surface area contributed by atoms with E-state index in [1.807, 2.05) is 49.6 Å². The molecule has 2 N–H and O–H groups in total. The van der Waals surface area contributed by atoms with Gasteiger partial charge in [0.2, 0.25) is 0 Å². The number of ether oxygens (including phenoxy) is 1. The highest BCUT2D eigenvalue weighted by Crippen LogP contribution is 2.22. The summed E-state index contributed by atoms with van der Waals surface area (Å²) in [5.41, 5.74) is 1.99. The molecule has 3 rings (SSSR count). The standard InChI is InChI=1S/C22H30N4O3/c1-22(2,3)25-20(27)18-17-7-5-6-14-26(17)19(24-18)21(28)23-13-12-15-8-10-16(29-4)11-9-15/h8-11H,5-7,12-14H2,1-4H3,(H,23,28)(H,25,27). The van der Waals surface area contributed by atoms with Crippen molar-refractivity contribution in [2.45, 2.75) is 58.5 Å². The van der Waals surface area contributed by atoms with E-state index in [-0.39, 0.29) is 17.4 Å². The summed E-state index contributed by atoms with van der Waals surface area (Å²) in [5.74, 6) is 0.674. The molecule has 0 saturated carbocycles. The largest absolute Gasteiger partial charge is 0.497 e. The summed E-state index contributed by atoms with van der Waals surface area (Å²) in [4.78, 5) is 29.9. The van der Waals surface area contributed by atoms with Crippen molar-refractivity contribution in [1.82, 2.24) is 20.2 Å². The number of imidazole rings is 1. The normalized spacial score (nSPS) is 13.5. The maximum Gasteiger partial charge on any atom is 0.287 e. The molecule has 7 nitrogen and oxygen atoms in total. The van der Waals surface area contributed by atoms with Crippen LogP contribution in [0.15, 0.2) is 24.3 Å². The summed E-state index contributed by atoms with van der Waals surface area (Å²) < 4.78 is 7.07. The van der Waals surface area contributed by atoms with E-state index >= 15 is 0 Å². The van der Waals surface area contributed by atoms with Crippen LogP contribution < -0.4 is 15.4 Å². The van der Waals surface area contributed by atoms with Gasteiger partial charge in [0.15, 0.2) is 5.82 Å². The van der Waals surface area contributed by atoms with E-state index < -0.39 is 0 Å². The van der Waals surface area contributed by atoms with Crippen molar-refractivity contribution in [3.8, 4) is 5.75 Å². The number of hydrogen-bond donors (Lipinski definition) is 2. The number of rotatable bonds is 6. The molecular weight excluding hydrogens is 368 g/mol. The van der Waals surface area contributed by atoms with Crippen molar-refractivity contribution in [2.75, 3.05) is 13.7 Å². The first-order valence-corrected chi connectivity index (χ1v) is 10.1. The molecule has 1 aliphatic rings. The minimum atomic E-state index is -0.358. The van der Waals surface area contributed by atoms with Crippen molar-refractivity contribution >= 4 is 11.8 Å². The van der Waals surface area contributed by atoms with Crippen LogP contribution in [0.1, 0.15) is 66.0 Å². The van der Waals surface area contributed by atoms with Crippen LogP contribution >= 0.6 is 0 Å². The highest BCUT2D eigenvalue weighted by Gasteiger charge is 2.28. The average Bonchev–Trinajstić information content (AvgIpc) is 3.07. The number of aromatic nitrogens is 2. The minimum absolute atomic E-state index is 0.222. The number of carbonyl (C=O) groups excluding carboxylic acids is 2. The molecule has 2 amide bonds. The Bertz CT molecular complexity index is 879. The van der Waals surface area contributed by atoms with Crippen LogP contribution in [-0.4, -0.2) is 40.6 Å². The Balaban J connectivity index is 1.70. The summed E-state index contributed by atoms with van der Waals surface area (Å²) in [6.45, 7) is 7.00. The Hall–Kier alpha value is -2.83. The van der Waals surface area contributed by atoms with E-state index in [4.69, 9.17) is 4.74 Å². The molecule has 2 aromatic rings. The summed E-state index contributed by atoms with van der Waals surface area (Å²) in [6.07, 6.45) is 3.45. The molecule has 0 bridgehead atoms. The van der Waals surface area contributed by atoms with E-state index in [1.54, 1.807) is 7.11 Å². The molecule has 0 spiro atoms. The molecule has 0 radical (unpaired) electrons. The van der Waals surface area contributed by atoms with Crippen LogP contribution in [0.2, 0.25) is 0 Å². The first-order valence-electron chi connectivity index (χ1n) is 10.1. The van der Waals surface area contributed by atoms with Crippen molar-refractivity contribution in [1.29, 1.82) is 0 Å². The Kier molecular flexibility index (Phi) is 6.25. The van der Waals surface area contributed by atoms with Crippen LogP contribution in [0, 0.1) is 0 Å². The molecule has 0 fully saturated rings. The van der Waals surface area contributed by atoms with E-state index in [0.717, 1.165) is 36.3 Å². The second-order valence-corrected chi connectivity index (χ2v) is 8.40. The molecule has 29 heavy (non-hydrogen) atoms. The Labute approximate surface area is 171 Å². The fraction of sp³-hybridized carbons (Fsp3) is 0.500. The number of hydrogen-bond acceptors (Lipinski definition) is 4. The molecule has 0 unspecified atom stereocenters. The van der Waals surface area contributed by atoms with Gasteiger partial charge in [0.05, 0.1) is 12.8 Å². The molecule has 0 saturated heterocycles. The van der Waals surface area contributed by atoms with Gasteiger partial charge in [-0.25, -0.2) is 4.98 Å². The third-order valence-electron chi connectivity index (χ3n) is 4.88. The van der Waals surface area contributed by atoms with Crippen LogP contribution in [0.25, 0.3) is 0 Å². The number of carbonyl (C=O) groups is 2. The first-order chi connectivity index (χ1) is 13.8. The van der Waals surface area contributed by atoms with Gasteiger partial charge in [-0.05, 0) is 64.2 Å². The van der Waals surface area contributed by atoms with E-state index in [1.165, 1.54) is 0 Å². The van der Waals surface area contributed by atoms with Gasteiger partial charge in [0.1, 0.15) is 11.4 Å². The zero-order valence-corrected chi connectivity index (χ0v) is 17.7. The topological polar surface area (TPSA) is 85.2 Å². The summed E-state index contributed by atoms with van der Waals surface area (Å²) in [5, 5.41) is 5.90. The Morgan fingerprint density at radius 3 is 2.52 bits per heavy atom. The number of nitrogens with zero attached hydrogens (tertiary/aromatic N) is 2. The van der Waals surface area contributed by atoms with Gasteiger partial charge in [-0.1, -0.05) is 12.1 Å². The van der Waals surface area contributed by atoms with Crippen molar-refractivity contribution in [2.24, 2.45) is 0 Å². The molecular formula is C22H30N4O3. The number of benzene rings is 1. The average molecular weight is 399 g/mol. The summed E-state index contributed by atoms with van der Waals surface area (Å²) in [6, 6.07) is 7.78. The number of nitrogens with one attached hydrogen (secondary N) is 2. The third-order valence-corrected chi connectivity index (χ3v) is 4.88. The van der Waals surface area contributed by atoms with Gasteiger partial charge in [0, 0.05) is 18.6 Å². The van der Waals surface area contributed by atoms with E-state index in [9.17, 15) is 9.59 Å². The van der Waals surface area contributed by atoms with Gasteiger partial charge in [-0.15, -0.1) is 0 Å². The second kappa shape index (κ2) is 8.68. The lowest BCUT2D eigenvalue weighted by Crippen LogP contribution is -2.41. The predicted octanol–water partition coefficient (Wildman–Crippen LogP) is 2.73. The number of methoxy groups -OCH3 is 1. The lowest BCUT2D eigenvalue weighted by Gasteiger charge is -2.21. The lowest BCUT2D eigenvalue weighted by atomic mass is 10.1. The maximum atomic E-state index is 12.8. The molecule has 1 aromatic heterocycles. The van der Waals surface area contributed by atoms with Crippen LogP contribution in [0.5, 0.6) is 5.75 Å². The van der Waals surface area contributed by atoms with Gasteiger partial charge in [-0.3, -0.25) is 9.59 Å². The van der Waals surface area contributed by atoms with Gasteiger partial charge < -0.3 is 19.9 Å². The fourth-order valence-corrected chi connectivity index (χ4v) is 3.49. The van der Waals surface area contributed by atoms with Gasteiger partial charge >= 0.3 is 0 Å². The molecule has 1 aromatic carbocycles. The first kappa shape index (κ1) is 20.9. The smallest absolute Gasteiger partial charge is 0.287 e. The predicted molar refractivity (Wildman–Crippen MR) is 111 cm³/mol. The molecule has 0 aliphatic carbocycles. The molecule has 0 atom stereocenters. The highest BCUT2D eigenvalue weighted by molar-refractivity contribution is 5.97. The van der Waals surface area contributed by atoms with Crippen LogP contribution in [0.4, 0.5) is 0 Å². The van der Waals surface area contributed by atoms with Crippen molar-refractivity contribution < 1.29 is 14.3 Å². The van der Waals surface area contributed by atoms with Crippen molar-refractivity contribution in [3.05, 3.63) is 47.0 Å². The third kappa shape index (κ3) is 5.16. The maximum absolute atomic E-state index is 12.8. The molecule has 1 aliphatic heterocycles. The summed E-state index contributed by atoms with van der Waals surface area (Å²) in [7, 11) is 1.64. The highest BCUT2D eigenvalue weighted by atomic mass is 16.5. The quantitative estimate of drug-likeness (QED) is 0.784. The van der Waals surface area contributed by atoms with Crippen LogP contribution in [0.3, 0.4) is 0 Å². The zero-order chi connectivity index (χ0) is 21.0. The van der Waals surface area contributed by atoms with E-state index in [0.29, 0.717) is 31.0 Å². The Morgan fingerprint density at radius 1 is 1.14 bits per heavy atom. The molecule has 7 heteroatoms. The van der Waals surface area contributed by atoms with Gasteiger partial charge in [-0.2, -0.15) is 0 Å². The lowest BCUT2D eigenvalue weighted by molar-refractivity contribution is 0.0913. The molecule has 2 heterocycles. The summed E-state index contributed by atoms with van der Waals surface area (Å²) >= 11 is 0. The van der Waals surface area contributed by atoms with Crippen molar-refractivity contribution in [3.63, 3.8) is 0 Å². The van der Waals surface area contributed by atoms with Crippen LogP contribution in [-0.2, 0) is 19.4 Å². The minimum Gasteiger partial charge on any atom is -0.497 e.